The Kier molecular flexibility index (Phi) is 7.40. The van der Waals surface area contributed by atoms with Crippen LogP contribution in [0, 0.1) is 35.0 Å². The van der Waals surface area contributed by atoms with Gasteiger partial charge in [0.1, 0.15) is 0 Å². The van der Waals surface area contributed by atoms with E-state index in [1.807, 2.05) is 13.8 Å². The Hall–Kier alpha value is -0.860. The van der Waals surface area contributed by atoms with Crippen LogP contribution >= 0.6 is 0 Å². The summed E-state index contributed by atoms with van der Waals surface area (Å²) in [6, 6.07) is 0. The van der Waals surface area contributed by atoms with E-state index in [0.29, 0.717) is 23.2 Å². The van der Waals surface area contributed by atoms with Gasteiger partial charge in [-0.3, -0.25) is 0 Å². The molecule has 3 fully saturated rings. The van der Waals surface area contributed by atoms with Crippen molar-refractivity contribution in [2.45, 2.75) is 105 Å². The van der Waals surface area contributed by atoms with Crippen molar-refractivity contribution in [3.8, 4) is 0 Å². The van der Waals surface area contributed by atoms with Crippen molar-refractivity contribution in [1.29, 1.82) is 0 Å². The van der Waals surface area contributed by atoms with Crippen LogP contribution in [0.25, 0.3) is 0 Å². The fraction of sp³-hybridized carbons (Fsp3) is 0.786. The average molecular weight is 415 g/mol. The van der Waals surface area contributed by atoms with E-state index in [1.54, 1.807) is 5.57 Å². The van der Waals surface area contributed by atoms with Crippen LogP contribution in [-0.2, 0) is 0 Å². The molecule has 3 saturated carbocycles. The first-order valence-corrected chi connectivity index (χ1v) is 12.5. The lowest BCUT2D eigenvalue weighted by Crippen LogP contribution is -2.35. The molecule has 0 aliphatic heterocycles. The van der Waals surface area contributed by atoms with Crippen LogP contribution in [0.15, 0.2) is 35.5 Å². The Balaban J connectivity index is 1.74. The first kappa shape index (κ1) is 23.8. The predicted octanol–water partition coefficient (Wildman–Crippen LogP) is 6.84. The van der Waals surface area contributed by atoms with Gasteiger partial charge in [-0.25, -0.2) is 0 Å². The Morgan fingerprint density at radius 3 is 2.43 bits per heavy atom. The fourth-order valence-corrected chi connectivity index (χ4v) is 6.50. The molecule has 0 spiro atoms. The summed E-state index contributed by atoms with van der Waals surface area (Å²) in [6.07, 6.45) is 18.7. The van der Waals surface area contributed by atoms with Crippen LogP contribution in [-0.4, -0.2) is 21.9 Å². The molecule has 0 bridgehead atoms. The molecule has 2 N–H and O–H groups in total. The van der Waals surface area contributed by atoms with E-state index in [2.05, 4.69) is 52.0 Å². The second kappa shape index (κ2) is 9.33. The van der Waals surface area contributed by atoms with Crippen molar-refractivity contribution in [3.05, 3.63) is 35.5 Å². The summed E-state index contributed by atoms with van der Waals surface area (Å²) in [6.45, 7) is 13.2. The minimum absolute atomic E-state index is 0.141. The molecule has 0 saturated heterocycles. The van der Waals surface area contributed by atoms with E-state index >= 15 is 0 Å². The molecular weight excluding hydrogens is 368 g/mol. The standard InChI is InChI=1S/C28H46O2/c1-19-10-14-24(29)18-23(19)13-12-22-8-7-17-28(6)25(15-16-26(22)28)20(2)9-11-21(3)27(4,5)30/h9,11-13,19-21,24-26,29-30H,7-8,10,14-18H2,1-6H3/b11-9+,22-12+,23-13+/t19-,20+,21-,24-,25+,26-,28+/m0/s1. The van der Waals surface area contributed by atoms with Gasteiger partial charge in [-0.2, -0.15) is 0 Å². The Bertz CT molecular complexity index is 679. The van der Waals surface area contributed by atoms with Crippen molar-refractivity contribution >= 4 is 0 Å². The van der Waals surface area contributed by atoms with Gasteiger partial charge in [-0.1, -0.05) is 63.1 Å². The van der Waals surface area contributed by atoms with Gasteiger partial charge >= 0.3 is 0 Å². The monoisotopic (exact) mass is 414 g/mol. The van der Waals surface area contributed by atoms with Gasteiger partial charge in [0.25, 0.3) is 0 Å². The number of rotatable bonds is 5. The lowest BCUT2D eigenvalue weighted by atomic mass is 9.61. The van der Waals surface area contributed by atoms with Gasteiger partial charge in [-0.15, -0.1) is 0 Å². The summed E-state index contributed by atoms with van der Waals surface area (Å²) in [7, 11) is 0. The summed E-state index contributed by atoms with van der Waals surface area (Å²) in [5.74, 6) is 2.76. The topological polar surface area (TPSA) is 40.5 Å². The highest BCUT2D eigenvalue weighted by molar-refractivity contribution is 5.27. The third-order valence-corrected chi connectivity index (χ3v) is 9.04. The molecule has 0 radical (unpaired) electrons. The van der Waals surface area contributed by atoms with E-state index in [1.165, 1.54) is 37.7 Å². The second-order valence-corrected chi connectivity index (χ2v) is 11.6. The number of aliphatic hydroxyl groups is 2. The third kappa shape index (κ3) is 5.13. The maximum atomic E-state index is 10.3. The van der Waals surface area contributed by atoms with Gasteiger partial charge < -0.3 is 10.2 Å². The van der Waals surface area contributed by atoms with Gasteiger partial charge in [0.05, 0.1) is 11.7 Å². The van der Waals surface area contributed by atoms with E-state index in [0.717, 1.165) is 25.2 Å². The largest absolute Gasteiger partial charge is 0.393 e. The van der Waals surface area contributed by atoms with Crippen molar-refractivity contribution in [1.82, 2.24) is 0 Å². The SMILES string of the molecule is C[C@H](/C=C/[C@H](C)C(C)(C)O)[C@H]1CC[C@H]2/C(=C/C=C3\C[C@@H](O)CC[C@@H]3C)CCC[C@]12C. The van der Waals surface area contributed by atoms with Crippen LogP contribution in [0.2, 0.25) is 0 Å². The number of hydrogen-bond acceptors (Lipinski definition) is 2. The molecule has 170 valence electrons. The molecule has 2 heteroatoms. The summed E-state index contributed by atoms with van der Waals surface area (Å²) >= 11 is 0. The van der Waals surface area contributed by atoms with E-state index < -0.39 is 5.60 Å². The molecule has 0 unspecified atom stereocenters. The molecule has 3 aliphatic rings. The molecule has 3 aliphatic carbocycles. The normalized spacial score (nSPS) is 40.1. The summed E-state index contributed by atoms with van der Waals surface area (Å²) < 4.78 is 0. The quantitative estimate of drug-likeness (QED) is 0.484. The van der Waals surface area contributed by atoms with Gasteiger partial charge in [0, 0.05) is 5.92 Å². The van der Waals surface area contributed by atoms with Crippen LogP contribution in [0.5, 0.6) is 0 Å². The third-order valence-electron chi connectivity index (χ3n) is 9.04. The predicted molar refractivity (Wildman–Crippen MR) is 127 cm³/mol. The highest BCUT2D eigenvalue weighted by Crippen LogP contribution is 2.59. The zero-order valence-corrected chi connectivity index (χ0v) is 20.3. The van der Waals surface area contributed by atoms with Crippen molar-refractivity contribution in [2.75, 3.05) is 0 Å². The Labute approximate surface area is 185 Å². The molecule has 3 rings (SSSR count). The van der Waals surface area contributed by atoms with Crippen molar-refractivity contribution in [2.24, 2.45) is 35.0 Å². The zero-order valence-electron chi connectivity index (χ0n) is 20.3. The molecule has 7 atom stereocenters. The molecule has 2 nitrogen and oxygen atoms in total. The van der Waals surface area contributed by atoms with Crippen molar-refractivity contribution in [3.63, 3.8) is 0 Å². The lowest BCUT2D eigenvalue weighted by Gasteiger charge is -2.44. The zero-order chi connectivity index (χ0) is 22.1. The fourth-order valence-electron chi connectivity index (χ4n) is 6.50. The average Bonchev–Trinajstić information content (AvgIpc) is 3.03. The van der Waals surface area contributed by atoms with E-state index in [4.69, 9.17) is 0 Å². The van der Waals surface area contributed by atoms with Gasteiger partial charge in [0.15, 0.2) is 0 Å². The van der Waals surface area contributed by atoms with Gasteiger partial charge in [-0.05, 0) is 94.3 Å². The summed E-state index contributed by atoms with van der Waals surface area (Å²) in [5.41, 5.74) is 2.84. The lowest BCUT2D eigenvalue weighted by molar-refractivity contribution is 0.0436. The van der Waals surface area contributed by atoms with Crippen LogP contribution < -0.4 is 0 Å². The molecule has 0 aromatic carbocycles. The molecule has 0 aromatic heterocycles. The van der Waals surface area contributed by atoms with Crippen LogP contribution in [0.3, 0.4) is 0 Å². The first-order valence-electron chi connectivity index (χ1n) is 12.5. The van der Waals surface area contributed by atoms with E-state index in [-0.39, 0.29) is 12.0 Å². The number of fused-ring (bicyclic) bond motifs is 1. The maximum absolute atomic E-state index is 10.3. The Morgan fingerprint density at radius 2 is 1.73 bits per heavy atom. The summed E-state index contributed by atoms with van der Waals surface area (Å²) in [4.78, 5) is 0. The van der Waals surface area contributed by atoms with E-state index in [9.17, 15) is 10.2 Å². The minimum Gasteiger partial charge on any atom is -0.393 e. The van der Waals surface area contributed by atoms with Crippen LogP contribution in [0.1, 0.15) is 92.9 Å². The van der Waals surface area contributed by atoms with Crippen molar-refractivity contribution < 1.29 is 10.2 Å². The Morgan fingerprint density at radius 1 is 1.03 bits per heavy atom. The van der Waals surface area contributed by atoms with Gasteiger partial charge in [0.2, 0.25) is 0 Å². The molecule has 0 amide bonds. The van der Waals surface area contributed by atoms with Crippen LogP contribution in [0.4, 0.5) is 0 Å². The number of aliphatic hydroxyl groups excluding tert-OH is 1. The molecular formula is C28H46O2. The maximum Gasteiger partial charge on any atom is 0.0651 e. The smallest absolute Gasteiger partial charge is 0.0651 e. The number of hydrogen-bond donors (Lipinski definition) is 2. The molecule has 0 heterocycles. The highest BCUT2D eigenvalue weighted by Gasteiger charge is 2.50. The minimum atomic E-state index is -0.656. The highest BCUT2D eigenvalue weighted by atomic mass is 16.3. The second-order valence-electron chi connectivity index (χ2n) is 11.6. The molecule has 0 aromatic rings. The number of allylic oxidation sites excluding steroid dienone is 4. The molecule has 30 heavy (non-hydrogen) atoms. The summed E-state index contributed by atoms with van der Waals surface area (Å²) in [5, 5.41) is 20.3. The first-order chi connectivity index (χ1) is 14.0.